The van der Waals surface area contributed by atoms with Crippen molar-refractivity contribution in [3.8, 4) is 40.1 Å². The van der Waals surface area contributed by atoms with Gasteiger partial charge < -0.3 is 4.57 Å². The fraction of sp³-hybridized carbons (Fsp3) is 0.0312. The average molecular weight is 461 g/mol. The molecule has 0 aliphatic heterocycles. The molecule has 0 unspecified atom stereocenters. The van der Waals surface area contributed by atoms with Gasteiger partial charge in [-0.2, -0.15) is 10.5 Å². The number of fused-ring (bicyclic) bond motifs is 3. The summed E-state index contributed by atoms with van der Waals surface area (Å²) in [5, 5.41) is 21.5. The third-order valence-corrected chi connectivity index (χ3v) is 6.71. The quantitative estimate of drug-likeness (QED) is 0.274. The van der Waals surface area contributed by atoms with Gasteiger partial charge in [-0.3, -0.25) is 4.98 Å². The van der Waals surface area contributed by atoms with Crippen LogP contribution < -0.4 is 0 Å². The van der Waals surface area contributed by atoms with E-state index in [2.05, 4.69) is 77.1 Å². The summed E-state index contributed by atoms with van der Waals surface area (Å²) >= 11 is 0. The molecule has 36 heavy (non-hydrogen) atoms. The van der Waals surface area contributed by atoms with Gasteiger partial charge >= 0.3 is 0 Å². The van der Waals surface area contributed by atoms with Crippen molar-refractivity contribution in [1.29, 1.82) is 10.5 Å². The molecule has 168 valence electrons. The van der Waals surface area contributed by atoms with Gasteiger partial charge in [-0.1, -0.05) is 48.5 Å². The van der Waals surface area contributed by atoms with Crippen LogP contribution in [-0.2, 0) is 0 Å². The van der Waals surface area contributed by atoms with Gasteiger partial charge in [-0.05, 0) is 66.1 Å². The summed E-state index contributed by atoms with van der Waals surface area (Å²) in [7, 11) is 0. The smallest absolute Gasteiger partial charge is 0.0998 e. The van der Waals surface area contributed by atoms with Crippen molar-refractivity contribution >= 4 is 21.8 Å². The van der Waals surface area contributed by atoms with Crippen molar-refractivity contribution in [2.45, 2.75) is 6.92 Å². The Hall–Kier alpha value is -5.19. The minimum atomic E-state index is 0.635. The molecule has 0 amide bonds. The standard InChI is InChI=1S/C32H20N4/c1-21-17-25(20-34)29(24-13-15-35-16-14-24)18-31(21)36-30-8-3-2-5-27(30)28-7-4-6-26(32(28)36)23-11-9-22(19-33)10-12-23/h2-18H,1H3. The molecule has 4 aromatic carbocycles. The lowest BCUT2D eigenvalue weighted by molar-refractivity contribution is 1.15. The third-order valence-electron chi connectivity index (χ3n) is 6.71. The van der Waals surface area contributed by atoms with Gasteiger partial charge in [0.05, 0.1) is 34.3 Å². The van der Waals surface area contributed by atoms with E-state index in [9.17, 15) is 10.5 Å². The Kier molecular flexibility index (Phi) is 5.07. The Morgan fingerprint density at radius 2 is 1.42 bits per heavy atom. The average Bonchev–Trinajstić information content (AvgIpc) is 3.28. The zero-order valence-electron chi connectivity index (χ0n) is 19.6. The Bertz CT molecular complexity index is 1850. The molecule has 0 saturated carbocycles. The van der Waals surface area contributed by atoms with Crippen molar-refractivity contribution < 1.29 is 0 Å². The number of aromatic nitrogens is 2. The van der Waals surface area contributed by atoms with Crippen LogP contribution in [0.25, 0.3) is 49.7 Å². The van der Waals surface area contributed by atoms with E-state index in [1.807, 2.05) is 42.5 Å². The zero-order chi connectivity index (χ0) is 24.6. The second-order valence-corrected chi connectivity index (χ2v) is 8.78. The summed E-state index contributed by atoms with van der Waals surface area (Å²) in [4.78, 5) is 4.15. The molecule has 0 fully saturated rings. The Morgan fingerprint density at radius 3 is 2.17 bits per heavy atom. The highest BCUT2D eigenvalue weighted by atomic mass is 15.0. The number of pyridine rings is 1. The molecule has 4 heteroatoms. The van der Waals surface area contributed by atoms with Crippen LogP contribution in [-0.4, -0.2) is 9.55 Å². The lowest BCUT2D eigenvalue weighted by Gasteiger charge is -2.16. The molecule has 6 rings (SSSR count). The summed E-state index contributed by atoms with van der Waals surface area (Å²) in [6.07, 6.45) is 3.50. The number of hydrogen-bond acceptors (Lipinski definition) is 3. The Labute approximate surface area is 208 Å². The molecule has 2 aromatic heterocycles. The first kappa shape index (κ1) is 21.4. The van der Waals surface area contributed by atoms with Crippen LogP contribution in [0.3, 0.4) is 0 Å². The molecular weight excluding hydrogens is 440 g/mol. The number of rotatable bonds is 3. The molecule has 4 nitrogen and oxygen atoms in total. The number of aryl methyl sites for hydroxylation is 1. The molecule has 2 heterocycles. The molecule has 0 atom stereocenters. The molecule has 6 aromatic rings. The van der Waals surface area contributed by atoms with E-state index in [1.165, 1.54) is 0 Å². The predicted molar refractivity (Wildman–Crippen MR) is 144 cm³/mol. The first-order valence-electron chi connectivity index (χ1n) is 11.7. The first-order chi connectivity index (χ1) is 17.7. The number of benzene rings is 4. The van der Waals surface area contributed by atoms with Crippen molar-refractivity contribution in [2.24, 2.45) is 0 Å². The Morgan fingerprint density at radius 1 is 0.694 bits per heavy atom. The summed E-state index contributed by atoms with van der Waals surface area (Å²) in [5.74, 6) is 0. The van der Waals surface area contributed by atoms with Crippen LogP contribution in [0.5, 0.6) is 0 Å². The minimum absolute atomic E-state index is 0.635. The Balaban J connectivity index is 1.73. The number of nitrogens with zero attached hydrogens (tertiary/aromatic N) is 4. The summed E-state index contributed by atoms with van der Waals surface area (Å²) < 4.78 is 2.30. The van der Waals surface area contributed by atoms with E-state index in [-0.39, 0.29) is 0 Å². The SMILES string of the molecule is Cc1cc(C#N)c(-c2ccncc2)cc1-n1c2ccccc2c2cccc(-c3ccc(C#N)cc3)c21. The van der Waals surface area contributed by atoms with Gasteiger partial charge in [0.1, 0.15) is 0 Å². The fourth-order valence-electron chi connectivity index (χ4n) is 5.03. The van der Waals surface area contributed by atoms with E-state index >= 15 is 0 Å². The fourth-order valence-corrected chi connectivity index (χ4v) is 5.03. The van der Waals surface area contributed by atoms with Crippen LogP contribution in [0.4, 0.5) is 0 Å². The predicted octanol–water partition coefficient (Wildman–Crippen LogP) is 7.56. The zero-order valence-corrected chi connectivity index (χ0v) is 19.6. The molecule has 0 radical (unpaired) electrons. The van der Waals surface area contributed by atoms with Gasteiger partial charge in [0.25, 0.3) is 0 Å². The topological polar surface area (TPSA) is 65.4 Å². The van der Waals surface area contributed by atoms with Crippen molar-refractivity contribution in [2.75, 3.05) is 0 Å². The second-order valence-electron chi connectivity index (χ2n) is 8.78. The summed E-state index contributed by atoms with van der Waals surface area (Å²) in [5.41, 5.74) is 9.46. The maximum Gasteiger partial charge on any atom is 0.0998 e. The minimum Gasteiger partial charge on any atom is -0.308 e. The number of hydrogen-bond donors (Lipinski definition) is 0. The molecule has 0 N–H and O–H groups in total. The summed E-state index contributed by atoms with van der Waals surface area (Å²) in [6.45, 7) is 2.05. The monoisotopic (exact) mass is 460 g/mol. The van der Waals surface area contributed by atoms with Gasteiger partial charge in [-0.15, -0.1) is 0 Å². The second kappa shape index (κ2) is 8.55. The molecule has 0 bridgehead atoms. The van der Waals surface area contributed by atoms with Crippen LogP contribution in [0, 0.1) is 29.6 Å². The number of para-hydroxylation sites is 2. The first-order valence-corrected chi connectivity index (χ1v) is 11.7. The normalized spacial score (nSPS) is 10.9. The lowest BCUT2D eigenvalue weighted by atomic mass is 9.97. The maximum atomic E-state index is 9.91. The van der Waals surface area contributed by atoms with Gasteiger partial charge in [0.15, 0.2) is 0 Å². The van der Waals surface area contributed by atoms with Crippen molar-refractivity contribution in [3.63, 3.8) is 0 Å². The molecule has 0 spiro atoms. The molecule has 0 aliphatic rings. The van der Waals surface area contributed by atoms with Crippen LogP contribution in [0.1, 0.15) is 16.7 Å². The van der Waals surface area contributed by atoms with Crippen LogP contribution >= 0.6 is 0 Å². The molecular formula is C32H20N4. The van der Waals surface area contributed by atoms with Gasteiger partial charge in [0.2, 0.25) is 0 Å². The van der Waals surface area contributed by atoms with Crippen LogP contribution in [0.2, 0.25) is 0 Å². The van der Waals surface area contributed by atoms with E-state index in [4.69, 9.17) is 0 Å². The largest absolute Gasteiger partial charge is 0.308 e. The molecule has 0 saturated heterocycles. The summed E-state index contributed by atoms with van der Waals surface area (Å²) in [6, 6.07) is 35.0. The van der Waals surface area contributed by atoms with Crippen molar-refractivity contribution in [1.82, 2.24) is 9.55 Å². The van der Waals surface area contributed by atoms with Gasteiger partial charge in [-0.25, -0.2) is 0 Å². The van der Waals surface area contributed by atoms with E-state index in [0.717, 1.165) is 55.3 Å². The number of nitriles is 2. The maximum absolute atomic E-state index is 9.91. The lowest BCUT2D eigenvalue weighted by Crippen LogP contribution is -2.00. The van der Waals surface area contributed by atoms with Crippen molar-refractivity contribution in [3.05, 3.63) is 120 Å². The molecule has 0 aliphatic carbocycles. The van der Waals surface area contributed by atoms with Crippen LogP contribution in [0.15, 0.2) is 103 Å². The highest BCUT2D eigenvalue weighted by molar-refractivity contribution is 6.14. The van der Waals surface area contributed by atoms with E-state index in [0.29, 0.717) is 11.1 Å². The van der Waals surface area contributed by atoms with E-state index in [1.54, 1.807) is 12.4 Å². The van der Waals surface area contributed by atoms with Gasteiger partial charge in [0, 0.05) is 40.0 Å². The van der Waals surface area contributed by atoms with E-state index < -0.39 is 0 Å². The highest BCUT2D eigenvalue weighted by Crippen LogP contribution is 2.40. The third kappa shape index (κ3) is 3.33. The highest BCUT2D eigenvalue weighted by Gasteiger charge is 2.19.